The summed E-state index contributed by atoms with van der Waals surface area (Å²) in [6, 6.07) is 0. The monoisotopic (exact) mass is 156 g/mol. The first kappa shape index (κ1) is 10.2. The fourth-order valence-electron chi connectivity index (χ4n) is 0.964. The number of carboxylic acid groups (broad SMARTS) is 1. The van der Waals surface area contributed by atoms with Gasteiger partial charge in [0.2, 0.25) is 0 Å². The molecule has 0 aliphatic carbocycles. The maximum atomic E-state index is 10.2. The van der Waals surface area contributed by atoms with Gasteiger partial charge in [-0.2, -0.15) is 0 Å². The number of rotatable bonds is 4. The predicted molar refractivity (Wildman–Crippen MR) is 45.5 cm³/mol. The van der Waals surface area contributed by atoms with Crippen LogP contribution < -0.4 is 0 Å². The molecule has 11 heavy (non-hydrogen) atoms. The molecule has 0 aliphatic heterocycles. The molecule has 1 unspecified atom stereocenters. The Balaban J connectivity index is 3.85. The van der Waals surface area contributed by atoms with E-state index in [1.807, 2.05) is 6.92 Å². The molecule has 0 aromatic rings. The zero-order valence-electron chi connectivity index (χ0n) is 7.42. The summed E-state index contributed by atoms with van der Waals surface area (Å²) in [5.41, 5.74) is 0.951. The number of carbonyl (C=O) groups is 1. The minimum Gasteiger partial charge on any atom is -0.478 e. The Morgan fingerprint density at radius 1 is 1.64 bits per heavy atom. The molecule has 2 nitrogen and oxygen atoms in total. The number of aliphatic carboxylic acids is 1. The van der Waals surface area contributed by atoms with E-state index in [0.29, 0.717) is 5.92 Å². The third kappa shape index (κ3) is 5.64. The van der Waals surface area contributed by atoms with Crippen molar-refractivity contribution in [2.24, 2.45) is 5.92 Å². The van der Waals surface area contributed by atoms with Gasteiger partial charge in [0, 0.05) is 6.08 Å². The highest BCUT2D eigenvalue weighted by Gasteiger charge is 2.00. The van der Waals surface area contributed by atoms with E-state index in [-0.39, 0.29) is 0 Å². The van der Waals surface area contributed by atoms with Crippen LogP contribution in [0.1, 0.15) is 33.6 Å². The van der Waals surface area contributed by atoms with E-state index in [9.17, 15) is 4.79 Å². The number of allylic oxidation sites excluding steroid dienone is 1. The SMILES string of the molecule is CCC(C)CC(C)=CC(=O)O. The van der Waals surface area contributed by atoms with E-state index < -0.39 is 5.97 Å². The number of carboxylic acids is 1. The average molecular weight is 156 g/mol. The molecule has 0 saturated carbocycles. The molecule has 0 bridgehead atoms. The molecule has 1 atom stereocenters. The van der Waals surface area contributed by atoms with E-state index in [1.165, 1.54) is 6.08 Å². The van der Waals surface area contributed by atoms with Gasteiger partial charge in [0.25, 0.3) is 0 Å². The van der Waals surface area contributed by atoms with Gasteiger partial charge in [-0.1, -0.05) is 25.8 Å². The van der Waals surface area contributed by atoms with Crippen molar-refractivity contribution >= 4 is 5.97 Å². The van der Waals surface area contributed by atoms with Crippen LogP contribution in [0.15, 0.2) is 11.6 Å². The molecule has 0 aliphatic rings. The van der Waals surface area contributed by atoms with Crippen molar-refractivity contribution in [3.63, 3.8) is 0 Å². The molecule has 0 radical (unpaired) electrons. The number of hydrogen-bond donors (Lipinski definition) is 1. The Labute approximate surface area is 67.9 Å². The summed E-state index contributed by atoms with van der Waals surface area (Å²) in [5, 5.41) is 8.39. The minimum atomic E-state index is -0.842. The van der Waals surface area contributed by atoms with Crippen LogP contribution >= 0.6 is 0 Å². The predicted octanol–water partition coefficient (Wildman–Crippen LogP) is 2.45. The molecule has 0 aromatic carbocycles. The second-order valence-electron chi connectivity index (χ2n) is 3.05. The standard InChI is InChI=1S/C9H16O2/c1-4-7(2)5-8(3)6-9(10)11/h6-7H,4-5H2,1-3H3,(H,10,11). The molecule has 0 amide bonds. The van der Waals surface area contributed by atoms with Crippen molar-refractivity contribution in [2.45, 2.75) is 33.6 Å². The largest absolute Gasteiger partial charge is 0.478 e. The van der Waals surface area contributed by atoms with Crippen molar-refractivity contribution in [2.75, 3.05) is 0 Å². The van der Waals surface area contributed by atoms with Crippen LogP contribution in [-0.2, 0) is 4.79 Å². The molecule has 0 aromatic heterocycles. The first-order valence-corrected chi connectivity index (χ1v) is 3.96. The van der Waals surface area contributed by atoms with E-state index in [4.69, 9.17) is 5.11 Å². The van der Waals surface area contributed by atoms with Crippen molar-refractivity contribution in [1.82, 2.24) is 0 Å². The maximum absolute atomic E-state index is 10.2. The van der Waals surface area contributed by atoms with Crippen LogP contribution in [0.5, 0.6) is 0 Å². The Kier molecular flexibility index (Phi) is 4.59. The van der Waals surface area contributed by atoms with Gasteiger partial charge in [0.15, 0.2) is 0 Å². The van der Waals surface area contributed by atoms with Crippen molar-refractivity contribution in [3.8, 4) is 0 Å². The van der Waals surface area contributed by atoms with Gasteiger partial charge in [0.1, 0.15) is 0 Å². The second kappa shape index (κ2) is 4.94. The van der Waals surface area contributed by atoms with Crippen LogP contribution in [0.25, 0.3) is 0 Å². The lowest BCUT2D eigenvalue weighted by molar-refractivity contribution is -0.131. The molecule has 2 heteroatoms. The van der Waals surface area contributed by atoms with Crippen molar-refractivity contribution in [3.05, 3.63) is 11.6 Å². The van der Waals surface area contributed by atoms with Crippen molar-refractivity contribution in [1.29, 1.82) is 0 Å². The molecule has 64 valence electrons. The molecule has 1 N–H and O–H groups in total. The first-order valence-electron chi connectivity index (χ1n) is 3.96. The fraction of sp³-hybridized carbons (Fsp3) is 0.667. The highest BCUT2D eigenvalue weighted by molar-refractivity contribution is 5.80. The highest BCUT2D eigenvalue weighted by Crippen LogP contribution is 2.13. The first-order chi connectivity index (χ1) is 5.06. The van der Waals surface area contributed by atoms with Crippen LogP contribution in [0.2, 0.25) is 0 Å². The van der Waals surface area contributed by atoms with Gasteiger partial charge >= 0.3 is 5.97 Å². The summed E-state index contributed by atoms with van der Waals surface area (Å²) in [5.74, 6) is -0.253. The van der Waals surface area contributed by atoms with Gasteiger partial charge < -0.3 is 5.11 Å². The summed E-state index contributed by atoms with van der Waals surface area (Å²) < 4.78 is 0. The molecular weight excluding hydrogens is 140 g/mol. The minimum absolute atomic E-state index is 0.589. The number of hydrogen-bond acceptors (Lipinski definition) is 1. The topological polar surface area (TPSA) is 37.3 Å². The van der Waals surface area contributed by atoms with E-state index in [1.54, 1.807) is 0 Å². The third-order valence-corrected chi connectivity index (χ3v) is 1.74. The van der Waals surface area contributed by atoms with Gasteiger partial charge in [-0.05, 0) is 19.3 Å². The van der Waals surface area contributed by atoms with Crippen molar-refractivity contribution < 1.29 is 9.90 Å². The molecule has 0 rings (SSSR count). The molecule has 0 spiro atoms. The van der Waals surface area contributed by atoms with E-state index in [2.05, 4.69) is 13.8 Å². The molecule has 0 fully saturated rings. The summed E-state index contributed by atoms with van der Waals surface area (Å²) in [7, 11) is 0. The Hall–Kier alpha value is -0.790. The smallest absolute Gasteiger partial charge is 0.328 e. The Morgan fingerprint density at radius 3 is 2.55 bits per heavy atom. The van der Waals surface area contributed by atoms with E-state index >= 15 is 0 Å². The van der Waals surface area contributed by atoms with Gasteiger partial charge in [0.05, 0.1) is 0 Å². The summed E-state index contributed by atoms with van der Waals surface area (Å²) >= 11 is 0. The Morgan fingerprint density at radius 2 is 2.18 bits per heavy atom. The summed E-state index contributed by atoms with van der Waals surface area (Å²) in [4.78, 5) is 10.2. The Bertz CT molecular complexity index is 159. The lowest BCUT2D eigenvalue weighted by atomic mass is 10.00. The lowest BCUT2D eigenvalue weighted by Gasteiger charge is -2.06. The normalized spacial score (nSPS) is 14.6. The highest BCUT2D eigenvalue weighted by atomic mass is 16.4. The zero-order valence-corrected chi connectivity index (χ0v) is 7.42. The van der Waals surface area contributed by atoms with Crippen LogP contribution in [0.3, 0.4) is 0 Å². The van der Waals surface area contributed by atoms with Gasteiger partial charge in [-0.25, -0.2) is 4.79 Å². The maximum Gasteiger partial charge on any atom is 0.328 e. The average Bonchev–Trinajstić information content (AvgIpc) is 1.85. The molecule has 0 heterocycles. The third-order valence-electron chi connectivity index (χ3n) is 1.74. The fourth-order valence-corrected chi connectivity index (χ4v) is 0.964. The van der Waals surface area contributed by atoms with Crippen LogP contribution in [0, 0.1) is 5.92 Å². The van der Waals surface area contributed by atoms with Gasteiger partial charge in [-0.3, -0.25) is 0 Å². The zero-order chi connectivity index (χ0) is 8.85. The van der Waals surface area contributed by atoms with Crippen LogP contribution in [0.4, 0.5) is 0 Å². The lowest BCUT2D eigenvalue weighted by Crippen LogP contribution is -1.96. The summed E-state index contributed by atoms with van der Waals surface area (Å²) in [6.45, 7) is 6.10. The molecular formula is C9H16O2. The quantitative estimate of drug-likeness (QED) is 0.635. The molecule has 0 saturated heterocycles. The van der Waals surface area contributed by atoms with Crippen LogP contribution in [-0.4, -0.2) is 11.1 Å². The second-order valence-corrected chi connectivity index (χ2v) is 3.05. The van der Waals surface area contributed by atoms with Gasteiger partial charge in [-0.15, -0.1) is 0 Å². The van der Waals surface area contributed by atoms with E-state index in [0.717, 1.165) is 18.4 Å². The summed E-state index contributed by atoms with van der Waals surface area (Å²) in [6.07, 6.45) is 3.28.